The molecule has 1 amide bonds. The maximum Gasteiger partial charge on any atom is 0.262 e. The largest absolute Gasteiger partial charge is 0.508 e. The number of ether oxygens (including phenoxy) is 1. The van der Waals surface area contributed by atoms with Crippen LogP contribution in [0.1, 0.15) is 29.8 Å². The molecule has 0 unspecified atom stereocenters. The third-order valence-electron chi connectivity index (χ3n) is 8.42. The molecule has 6 aromatic rings. The number of phenolic OH excluding ortho intramolecular Hbond substituents is 1. The molecule has 1 aliphatic rings. The van der Waals surface area contributed by atoms with Crippen LogP contribution in [0.25, 0.3) is 33.2 Å². The average Bonchev–Trinajstić information content (AvgIpc) is 3.66. The Bertz CT molecular complexity index is 2160. The average molecular weight is 635 g/mol. The molecule has 2 aromatic carbocycles. The number of carbonyl (C=O) groups is 1. The number of phenols is 1. The zero-order valence-corrected chi connectivity index (χ0v) is 25.9. The third kappa shape index (κ3) is 6.02. The number of aryl methyl sites for hydroxylation is 2. The molecule has 14 nitrogen and oxygen atoms in total. The molecule has 1 fully saturated rings. The van der Waals surface area contributed by atoms with Gasteiger partial charge in [-0.1, -0.05) is 24.3 Å². The third-order valence-corrected chi connectivity index (χ3v) is 8.42. The first-order valence-corrected chi connectivity index (χ1v) is 15.5. The number of nitrogen functional groups attached to an aromatic ring is 1. The van der Waals surface area contributed by atoms with E-state index in [0.29, 0.717) is 84.6 Å². The minimum absolute atomic E-state index is 0.0865. The van der Waals surface area contributed by atoms with Crippen LogP contribution in [-0.4, -0.2) is 81.3 Å². The number of rotatable bonds is 9. The first-order valence-electron chi connectivity index (χ1n) is 15.5. The van der Waals surface area contributed by atoms with Crippen LogP contribution in [0, 0.1) is 0 Å². The zero-order chi connectivity index (χ0) is 32.5. The van der Waals surface area contributed by atoms with Crippen LogP contribution in [0.4, 0.5) is 5.82 Å². The molecule has 7 rings (SSSR count). The summed E-state index contributed by atoms with van der Waals surface area (Å²) < 4.78 is 10.4. The van der Waals surface area contributed by atoms with E-state index >= 15 is 0 Å². The van der Waals surface area contributed by atoms with Crippen LogP contribution in [-0.2, 0) is 36.1 Å². The topological polar surface area (TPSA) is 172 Å². The fraction of sp³-hybridized carbons (Fsp3) is 0.303. The highest BCUT2D eigenvalue weighted by atomic mass is 16.5. The highest BCUT2D eigenvalue weighted by Gasteiger charge is 2.22. The van der Waals surface area contributed by atoms with Crippen molar-refractivity contribution in [2.24, 2.45) is 7.05 Å². The lowest BCUT2D eigenvalue weighted by atomic mass is 10.0. The maximum absolute atomic E-state index is 14.4. The normalized spacial score (nSPS) is 13.5. The monoisotopic (exact) mass is 634 g/mol. The molecule has 1 aliphatic heterocycles. The molecule has 3 N–H and O–H groups in total. The molecule has 5 heterocycles. The van der Waals surface area contributed by atoms with E-state index in [1.807, 2.05) is 42.4 Å². The molecule has 240 valence electrons. The van der Waals surface area contributed by atoms with E-state index in [1.54, 1.807) is 38.3 Å². The summed E-state index contributed by atoms with van der Waals surface area (Å²) in [5.41, 5.74) is 9.98. The van der Waals surface area contributed by atoms with E-state index in [9.17, 15) is 14.7 Å². The molecule has 0 saturated carbocycles. The molecule has 4 aromatic heterocycles. The standard InChI is InChI=1S/C33H34N10O4/c1-40-17-21(16-37-40)18-42-26(19-43-32-29(31(34)35-20-36-32)30(39-43)23-7-2-8-24(44)15-23)38-25-9-3-5-22(28(25)33(42)46)6-4-10-27(45)41-11-13-47-14-12-41/h2-3,5,7-9,15-17,20,44H,4,6,10-14,18-19H2,1H3,(H2,34,35,36). The number of aromatic nitrogens is 8. The van der Waals surface area contributed by atoms with Crippen LogP contribution in [0.2, 0.25) is 0 Å². The summed E-state index contributed by atoms with van der Waals surface area (Å²) in [5, 5.41) is 20.3. The molecule has 0 atom stereocenters. The molecule has 0 spiro atoms. The Labute approximate surface area is 269 Å². The second-order valence-corrected chi connectivity index (χ2v) is 11.6. The van der Waals surface area contributed by atoms with Gasteiger partial charge in [0.1, 0.15) is 36.0 Å². The van der Waals surface area contributed by atoms with Crippen molar-refractivity contribution in [2.75, 3.05) is 32.0 Å². The molecule has 0 aliphatic carbocycles. The van der Waals surface area contributed by atoms with E-state index in [4.69, 9.17) is 20.6 Å². The van der Waals surface area contributed by atoms with Crippen molar-refractivity contribution in [3.8, 4) is 17.0 Å². The van der Waals surface area contributed by atoms with E-state index in [1.165, 1.54) is 6.33 Å². The van der Waals surface area contributed by atoms with E-state index in [-0.39, 0.29) is 36.1 Å². The summed E-state index contributed by atoms with van der Waals surface area (Å²) in [5.74, 6) is 0.901. The van der Waals surface area contributed by atoms with Crippen LogP contribution in [0.5, 0.6) is 5.75 Å². The number of fused-ring (bicyclic) bond motifs is 2. The van der Waals surface area contributed by atoms with Gasteiger partial charge in [0.15, 0.2) is 5.65 Å². The summed E-state index contributed by atoms with van der Waals surface area (Å²) in [6.45, 7) is 2.69. The van der Waals surface area contributed by atoms with Crippen molar-refractivity contribution < 1.29 is 14.6 Å². The number of morpholine rings is 1. The van der Waals surface area contributed by atoms with Gasteiger partial charge in [0.25, 0.3) is 5.56 Å². The van der Waals surface area contributed by atoms with Crippen LogP contribution in [0.15, 0.2) is 66.0 Å². The molecule has 14 heteroatoms. The SMILES string of the molecule is Cn1cc(Cn2c(Cn3nc(-c4cccc(O)c4)c4c(N)ncnc43)nc3cccc(CCCC(=O)N4CCOCC4)c3c2=O)cn1. The number of benzene rings is 2. The first kappa shape index (κ1) is 30.0. The van der Waals surface area contributed by atoms with Gasteiger partial charge >= 0.3 is 0 Å². The highest BCUT2D eigenvalue weighted by Crippen LogP contribution is 2.32. The van der Waals surface area contributed by atoms with E-state index < -0.39 is 0 Å². The number of aromatic hydroxyl groups is 1. The second kappa shape index (κ2) is 12.6. The van der Waals surface area contributed by atoms with Crippen molar-refractivity contribution in [1.82, 2.24) is 44.0 Å². The van der Waals surface area contributed by atoms with Gasteiger partial charge in [-0.25, -0.2) is 19.6 Å². The molecule has 1 saturated heterocycles. The van der Waals surface area contributed by atoms with Gasteiger partial charge in [-0.3, -0.25) is 18.8 Å². The van der Waals surface area contributed by atoms with Crippen molar-refractivity contribution in [3.63, 3.8) is 0 Å². The van der Waals surface area contributed by atoms with E-state index in [0.717, 1.165) is 11.1 Å². The number of nitrogens with two attached hydrogens (primary N) is 1. The number of amides is 1. The number of hydrogen-bond donors (Lipinski definition) is 2. The maximum atomic E-state index is 14.4. The molecule has 47 heavy (non-hydrogen) atoms. The molecule has 0 radical (unpaired) electrons. The minimum Gasteiger partial charge on any atom is -0.508 e. The van der Waals surface area contributed by atoms with Crippen molar-refractivity contribution in [3.05, 3.63) is 88.5 Å². The Kier molecular flexibility index (Phi) is 8.08. The Balaban J connectivity index is 1.28. The van der Waals surface area contributed by atoms with Crippen molar-refractivity contribution in [2.45, 2.75) is 32.4 Å². The Morgan fingerprint density at radius 3 is 2.68 bits per heavy atom. The second-order valence-electron chi connectivity index (χ2n) is 11.6. The smallest absolute Gasteiger partial charge is 0.262 e. The molecule has 0 bridgehead atoms. The van der Waals surface area contributed by atoms with Gasteiger partial charge in [-0.2, -0.15) is 10.2 Å². The van der Waals surface area contributed by atoms with Gasteiger partial charge in [0.05, 0.1) is 42.2 Å². The highest BCUT2D eigenvalue weighted by molar-refractivity contribution is 5.98. The fourth-order valence-corrected chi connectivity index (χ4v) is 6.14. The Hall–Kier alpha value is -5.63. The van der Waals surface area contributed by atoms with Gasteiger partial charge in [-0.15, -0.1) is 0 Å². The van der Waals surface area contributed by atoms with Crippen LogP contribution >= 0.6 is 0 Å². The molecular weight excluding hydrogens is 600 g/mol. The summed E-state index contributed by atoms with van der Waals surface area (Å²) in [6, 6.07) is 12.4. The number of anilines is 1. The van der Waals surface area contributed by atoms with E-state index in [2.05, 4.69) is 15.1 Å². The Morgan fingerprint density at radius 2 is 1.89 bits per heavy atom. The summed E-state index contributed by atoms with van der Waals surface area (Å²) in [7, 11) is 1.82. The number of carbonyl (C=O) groups excluding carboxylic acids is 1. The van der Waals surface area contributed by atoms with Crippen molar-refractivity contribution in [1.29, 1.82) is 0 Å². The lowest BCUT2D eigenvalue weighted by molar-refractivity contribution is -0.135. The molecular formula is C33H34N10O4. The number of hydrogen-bond acceptors (Lipinski definition) is 10. The predicted molar refractivity (Wildman–Crippen MR) is 175 cm³/mol. The van der Waals surface area contributed by atoms with Gasteiger partial charge in [-0.05, 0) is 36.6 Å². The predicted octanol–water partition coefficient (Wildman–Crippen LogP) is 2.50. The number of nitrogens with zero attached hydrogens (tertiary/aromatic N) is 9. The minimum atomic E-state index is -0.192. The lowest BCUT2D eigenvalue weighted by Crippen LogP contribution is -2.40. The van der Waals surface area contributed by atoms with Crippen LogP contribution < -0.4 is 11.3 Å². The fourth-order valence-electron chi connectivity index (χ4n) is 6.14. The summed E-state index contributed by atoms with van der Waals surface area (Å²) in [6.07, 6.45) is 6.52. The van der Waals surface area contributed by atoms with Gasteiger partial charge < -0.3 is 20.5 Å². The summed E-state index contributed by atoms with van der Waals surface area (Å²) in [4.78, 5) is 42.7. The summed E-state index contributed by atoms with van der Waals surface area (Å²) >= 11 is 0. The Morgan fingerprint density at radius 1 is 1.06 bits per heavy atom. The lowest BCUT2D eigenvalue weighted by Gasteiger charge is -2.26. The first-order chi connectivity index (χ1) is 22.9. The van der Waals surface area contributed by atoms with Gasteiger partial charge in [0, 0.05) is 43.9 Å². The van der Waals surface area contributed by atoms with Crippen LogP contribution in [0.3, 0.4) is 0 Å². The van der Waals surface area contributed by atoms with Gasteiger partial charge in [0.2, 0.25) is 5.91 Å². The zero-order valence-electron chi connectivity index (χ0n) is 25.9. The van der Waals surface area contributed by atoms with Crippen molar-refractivity contribution >= 4 is 33.7 Å². The quantitative estimate of drug-likeness (QED) is 0.241.